The van der Waals surface area contributed by atoms with Crippen molar-refractivity contribution in [1.29, 1.82) is 0 Å². The summed E-state index contributed by atoms with van der Waals surface area (Å²) < 4.78 is 28.2. The van der Waals surface area contributed by atoms with Crippen molar-refractivity contribution in [3.05, 3.63) is 33.8 Å². The fourth-order valence-corrected chi connectivity index (χ4v) is 4.31. The summed E-state index contributed by atoms with van der Waals surface area (Å²) in [5.41, 5.74) is 0.493. The molecule has 0 amide bonds. The lowest BCUT2D eigenvalue weighted by Gasteiger charge is -2.20. The number of rotatable bonds is 4. The topological polar surface area (TPSA) is 12.0 Å². The molecule has 0 heterocycles. The molecule has 20 heavy (non-hydrogen) atoms. The van der Waals surface area contributed by atoms with Gasteiger partial charge in [0.2, 0.25) is 0 Å². The summed E-state index contributed by atoms with van der Waals surface area (Å²) in [4.78, 5) is 0. The van der Waals surface area contributed by atoms with E-state index < -0.39 is 0 Å². The maximum absolute atomic E-state index is 14.2. The van der Waals surface area contributed by atoms with E-state index in [0.717, 1.165) is 6.54 Å². The molecule has 0 bridgehead atoms. The van der Waals surface area contributed by atoms with Crippen LogP contribution in [-0.2, 0) is 0 Å². The molecule has 0 aromatic heterocycles. The summed E-state index contributed by atoms with van der Waals surface area (Å²) in [5, 5.41) is 3.38. The van der Waals surface area contributed by atoms with Gasteiger partial charge in [-0.05, 0) is 65.2 Å². The summed E-state index contributed by atoms with van der Waals surface area (Å²) in [5.74, 6) is 1.20. The maximum atomic E-state index is 14.2. The number of nitrogens with one attached hydrogen (secondary N) is 1. The van der Waals surface area contributed by atoms with Crippen LogP contribution in [0, 0.1) is 29.4 Å². The smallest absolute Gasteiger partial charge is 0.137 e. The van der Waals surface area contributed by atoms with Gasteiger partial charge in [-0.1, -0.05) is 19.8 Å². The molecule has 1 N–H and O–H groups in total. The largest absolute Gasteiger partial charge is 0.310 e. The van der Waals surface area contributed by atoms with Gasteiger partial charge < -0.3 is 5.32 Å². The second-order valence-electron chi connectivity index (χ2n) is 6.01. The van der Waals surface area contributed by atoms with Crippen molar-refractivity contribution in [1.82, 2.24) is 5.32 Å². The molecule has 1 nitrogen and oxygen atoms in total. The fraction of sp³-hybridized carbons (Fsp3) is 0.625. The van der Waals surface area contributed by atoms with Crippen LogP contribution in [0.25, 0.3) is 0 Å². The SMILES string of the molecule is CCNC(c1cc(F)c(Br)cc1F)C1C2CCCCC21. The van der Waals surface area contributed by atoms with Gasteiger partial charge in [-0.15, -0.1) is 0 Å². The van der Waals surface area contributed by atoms with Crippen molar-refractivity contribution in [2.24, 2.45) is 17.8 Å². The molecule has 1 aromatic rings. The molecule has 0 radical (unpaired) electrons. The molecule has 2 fully saturated rings. The predicted molar refractivity (Wildman–Crippen MR) is 79.4 cm³/mol. The van der Waals surface area contributed by atoms with Gasteiger partial charge in [-0.25, -0.2) is 8.78 Å². The molecule has 3 atom stereocenters. The van der Waals surface area contributed by atoms with Crippen LogP contribution in [0.2, 0.25) is 0 Å². The lowest BCUT2D eigenvalue weighted by Crippen LogP contribution is -2.25. The monoisotopic (exact) mass is 343 g/mol. The summed E-state index contributed by atoms with van der Waals surface area (Å²) in [6, 6.07) is 2.56. The zero-order valence-corrected chi connectivity index (χ0v) is 13.2. The fourth-order valence-electron chi connectivity index (χ4n) is 3.99. The summed E-state index contributed by atoms with van der Waals surface area (Å²) in [7, 11) is 0. The molecule has 3 unspecified atom stereocenters. The first kappa shape index (κ1) is 14.5. The Bertz CT molecular complexity index is 493. The lowest BCUT2D eigenvalue weighted by atomic mass is 9.99. The highest BCUT2D eigenvalue weighted by molar-refractivity contribution is 9.10. The Morgan fingerprint density at radius 3 is 2.45 bits per heavy atom. The molecule has 1 aromatic carbocycles. The van der Waals surface area contributed by atoms with Crippen LogP contribution in [0.15, 0.2) is 16.6 Å². The Balaban J connectivity index is 1.89. The Morgan fingerprint density at radius 1 is 1.20 bits per heavy atom. The van der Waals surface area contributed by atoms with Crippen molar-refractivity contribution < 1.29 is 8.78 Å². The highest BCUT2D eigenvalue weighted by atomic mass is 79.9. The molecule has 4 heteroatoms. The average Bonchev–Trinajstić information content (AvgIpc) is 3.15. The zero-order chi connectivity index (χ0) is 14.3. The first-order valence-electron chi connectivity index (χ1n) is 7.51. The maximum Gasteiger partial charge on any atom is 0.137 e. The van der Waals surface area contributed by atoms with Crippen LogP contribution in [0.3, 0.4) is 0 Å². The van der Waals surface area contributed by atoms with E-state index >= 15 is 0 Å². The van der Waals surface area contributed by atoms with Gasteiger partial charge in [0.15, 0.2) is 0 Å². The van der Waals surface area contributed by atoms with Crippen molar-refractivity contribution in [3.8, 4) is 0 Å². The highest BCUT2D eigenvalue weighted by Gasteiger charge is 2.54. The highest BCUT2D eigenvalue weighted by Crippen LogP contribution is 2.60. The second-order valence-corrected chi connectivity index (χ2v) is 6.87. The molecule has 0 spiro atoms. The third kappa shape index (κ3) is 2.52. The van der Waals surface area contributed by atoms with Gasteiger partial charge >= 0.3 is 0 Å². The Morgan fingerprint density at radius 2 is 1.85 bits per heavy atom. The normalized spacial score (nSPS) is 29.9. The number of fused-ring (bicyclic) bond motifs is 1. The van der Waals surface area contributed by atoms with E-state index in [-0.39, 0.29) is 22.1 Å². The number of halogens is 3. The van der Waals surface area contributed by atoms with Crippen LogP contribution in [0.5, 0.6) is 0 Å². The predicted octanol–water partition coefficient (Wildman–Crippen LogP) is 4.81. The molecular formula is C16H20BrF2N. The zero-order valence-electron chi connectivity index (χ0n) is 11.6. The number of hydrogen-bond donors (Lipinski definition) is 1. The Kier molecular flexibility index (Phi) is 4.14. The first-order valence-corrected chi connectivity index (χ1v) is 8.30. The van der Waals surface area contributed by atoms with Gasteiger partial charge in [0.25, 0.3) is 0 Å². The lowest BCUT2D eigenvalue weighted by molar-refractivity contribution is 0.433. The van der Waals surface area contributed by atoms with E-state index in [1.807, 2.05) is 6.92 Å². The molecule has 0 aliphatic heterocycles. The van der Waals surface area contributed by atoms with E-state index in [4.69, 9.17) is 0 Å². The van der Waals surface area contributed by atoms with Gasteiger partial charge in [0, 0.05) is 11.6 Å². The Hall–Kier alpha value is -0.480. The van der Waals surface area contributed by atoms with Crippen LogP contribution >= 0.6 is 15.9 Å². The van der Waals surface area contributed by atoms with Gasteiger partial charge in [-0.3, -0.25) is 0 Å². The minimum absolute atomic E-state index is 0.0456. The van der Waals surface area contributed by atoms with E-state index in [2.05, 4.69) is 21.2 Å². The third-order valence-corrected chi connectivity index (χ3v) is 5.51. The summed E-state index contributed by atoms with van der Waals surface area (Å²) >= 11 is 3.05. The minimum Gasteiger partial charge on any atom is -0.310 e. The molecule has 110 valence electrons. The standard InChI is InChI=1S/C16H20BrF2N/c1-2-20-16(15-9-5-3-4-6-10(9)15)11-7-14(19)12(17)8-13(11)18/h7-10,15-16,20H,2-6H2,1H3. The van der Waals surface area contributed by atoms with E-state index in [9.17, 15) is 8.78 Å². The molecule has 2 aliphatic rings. The number of hydrogen-bond acceptors (Lipinski definition) is 1. The van der Waals surface area contributed by atoms with Gasteiger partial charge in [-0.2, -0.15) is 0 Å². The van der Waals surface area contributed by atoms with Crippen molar-refractivity contribution in [2.75, 3.05) is 6.54 Å². The van der Waals surface area contributed by atoms with Crippen molar-refractivity contribution >= 4 is 15.9 Å². The molecule has 2 saturated carbocycles. The van der Waals surface area contributed by atoms with Gasteiger partial charge in [0.05, 0.1) is 4.47 Å². The first-order chi connectivity index (χ1) is 9.63. The quantitative estimate of drug-likeness (QED) is 0.773. The van der Waals surface area contributed by atoms with E-state index in [1.165, 1.54) is 37.8 Å². The van der Waals surface area contributed by atoms with E-state index in [0.29, 0.717) is 23.3 Å². The minimum atomic E-state index is -0.382. The molecule has 2 aliphatic carbocycles. The van der Waals surface area contributed by atoms with Crippen LogP contribution in [0.1, 0.15) is 44.2 Å². The van der Waals surface area contributed by atoms with Crippen molar-refractivity contribution in [2.45, 2.75) is 38.6 Å². The van der Waals surface area contributed by atoms with Crippen LogP contribution < -0.4 is 5.32 Å². The molecular weight excluding hydrogens is 324 g/mol. The Labute approximate surface area is 127 Å². The van der Waals surface area contributed by atoms with Gasteiger partial charge in [0.1, 0.15) is 11.6 Å². The van der Waals surface area contributed by atoms with Crippen LogP contribution in [0.4, 0.5) is 8.78 Å². The number of benzene rings is 1. The van der Waals surface area contributed by atoms with Crippen LogP contribution in [-0.4, -0.2) is 6.54 Å². The summed E-state index contributed by atoms with van der Waals surface area (Å²) in [6.07, 6.45) is 5.07. The molecule has 3 rings (SSSR count). The average molecular weight is 344 g/mol. The van der Waals surface area contributed by atoms with Crippen molar-refractivity contribution in [3.63, 3.8) is 0 Å². The summed E-state index contributed by atoms with van der Waals surface area (Å²) in [6.45, 7) is 2.80. The second kappa shape index (κ2) is 5.72. The molecule has 0 saturated heterocycles. The third-order valence-electron chi connectivity index (χ3n) is 4.91. The van der Waals surface area contributed by atoms with E-state index in [1.54, 1.807) is 0 Å².